The van der Waals surface area contributed by atoms with Gasteiger partial charge in [-0.1, -0.05) is 44.2 Å². The normalized spacial score (nSPS) is 10.7. The van der Waals surface area contributed by atoms with E-state index < -0.39 is 0 Å². The van der Waals surface area contributed by atoms with Crippen LogP contribution in [0.1, 0.15) is 30.9 Å². The lowest BCUT2D eigenvalue weighted by Gasteiger charge is -2.18. The molecule has 0 unspecified atom stereocenters. The Hall–Kier alpha value is -1.96. The number of anilines is 3. The zero-order valence-electron chi connectivity index (χ0n) is 11.2. The molecule has 0 radical (unpaired) electrons. The molecule has 2 rings (SSSR count). The molecule has 0 aliphatic heterocycles. The van der Waals surface area contributed by atoms with Crippen LogP contribution in [0.4, 0.5) is 17.1 Å². The molecule has 0 aliphatic rings. The summed E-state index contributed by atoms with van der Waals surface area (Å²) in [4.78, 5) is 0. The van der Waals surface area contributed by atoms with Gasteiger partial charge in [-0.15, -0.1) is 0 Å². The number of aryl methyl sites for hydroxylation is 1. The van der Waals surface area contributed by atoms with Gasteiger partial charge in [-0.25, -0.2) is 0 Å². The minimum Gasteiger partial charge on any atom is -0.397 e. The van der Waals surface area contributed by atoms with E-state index in [9.17, 15) is 0 Å². The number of nitrogens with one attached hydrogen (secondary N) is 1. The smallest absolute Gasteiger partial charge is 0.0618 e. The molecule has 0 amide bonds. The summed E-state index contributed by atoms with van der Waals surface area (Å²) in [6, 6.07) is 14.2. The molecule has 18 heavy (non-hydrogen) atoms. The highest BCUT2D eigenvalue weighted by Crippen LogP contribution is 2.31. The van der Waals surface area contributed by atoms with Gasteiger partial charge in [0.15, 0.2) is 0 Å². The third-order valence-electron chi connectivity index (χ3n) is 3.15. The second-order valence-corrected chi connectivity index (χ2v) is 4.91. The van der Waals surface area contributed by atoms with Gasteiger partial charge in [-0.3, -0.25) is 0 Å². The van der Waals surface area contributed by atoms with Crippen molar-refractivity contribution < 1.29 is 0 Å². The Balaban J connectivity index is 2.43. The molecule has 0 saturated heterocycles. The monoisotopic (exact) mass is 240 g/mol. The van der Waals surface area contributed by atoms with E-state index in [2.05, 4.69) is 44.3 Å². The van der Waals surface area contributed by atoms with E-state index >= 15 is 0 Å². The summed E-state index contributed by atoms with van der Waals surface area (Å²) < 4.78 is 0. The summed E-state index contributed by atoms with van der Waals surface area (Å²) in [6.45, 7) is 6.52. The van der Waals surface area contributed by atoms with Crippen molar-refractivity contribution in [1.29, 1.82) is 0 Å². The van der Waals surface area contributed by atoms with Crippen molar-refractivity contribution in [1.82, 2.24) is 0 Å². The van der Waals surface area contributed by atoms with E-state index in [-0.39, 0.29) is 0 Å². The van der Waals surface area contributed by atoms with Crippen LogP contribution in [-0.2, 0) is 0 Å². The highest BCUT2D eigenvalue weighted by Gasteiger charge is 2.09. The van der Waals surface area contributed by atoms with Crippen molar-refractivity contribution >= 4 is 17.1 Å². The lowest BCUT2D eigenvalue weighted by molar-refractivity contribution is 0.867. The number of benzene rings is 2. The van der Waals surface area contributed by atoms with Crippen LogP contribution in [-0.4, -0.2) is 0 Å². The van der Waals surface area contributed by atoms with Gasteiger partial charge in [-0.2, -0.15) is 0 Å². The first-order valence-electron chi connectivity index (χ1n) is 6.30. The van der Waals surface area contributed by atoms with E-state index in [0.717, 1.165) is 11.4 Å². The van der Waals surface area contributed by atoms with Crippen LogP contribution in [0, 0.1) is 6.92 Å². The van der Waals surface area contributed by atoms with Crippen LogP contribution in [0.3, 0.4) is 0 Å². The Morgan fingerprint density at radius 3 is 2.39 bits per heavy atom. The fourth-order valence-electron chi connectivity index (χ4n) is 2.09. The van der Waals surface area contributed by atoms with Crippen LogP contribution in [0.5, 0.6) is 0 Å². The first kappa shape index (κ1) is 12.5. The Morgan fingerprint density at radius 1 is 1.00 bits per heavy atom. The van der Waals surface area contributed by atoms with Gasteiger partial charge in [-0.05, 0) is 36.1 Å². The average Bonchev–Trinajstić information content (AvgIpc) is 2.34. The van der Waals surface area contributed by atoms with Crippen LogP contribution in [0.2, 0.25) is 0 Å². The molecule has 0 saturated carbocycles. The quantitative estimate of drug-likeness (QED) is 0.778. The number of para-hydroxylation sites is 3. The van der Waals surface area contributed by atoms with Crippen LogP contribution in [0.25, 0.3) is 0 Å². The third-order valence-corrected chi connectivity index (χ3v) is 3.15. The molecule has 2 heteroatoms. The van der Waals surface area contributed by atoms with Crippen LogP contribution in [0.15, 0.2) is 42.5 Å². The van der Waals surface area contributed by atoms with E-state index in [4.69, 9.17) is 5.73 Å². The highest BCUT2D eigenvalue weighted by atomic mass is 14.9. The first-order valence-corrected chi connectivity index (χ1v) is 6.30. The number of nitrogens with two attached hydrogens (primary N) is 1. The topological polar surface area (TPSA) is 38.0 Å². The van der Waals surface area contributed by atoms with Crippen molar-refractivity contribution in [2.24, 2.45) is 0 Å². The summed E-state index contributed by atoms with van der Waals surface area (Å²) in [5.74, 6) is 0.484. The molecule has 94 valence electrons. The maximum absolute atomic E-state index is 5.98. The Morgan fingerprint density at radius 2 is 1.72 bits per heavy atom. The third kappa shape index (κ3) is 2.48. The molecular formula is C16H20N2. The molecular weight excluding hydrogens is 220 g/mol. The molecule has 0 spiro atoms. The highest BCUT2D eigenvalue weighted by molar-refractivity contribution is 5.75. The lowest BCUT2D eigenvalue weighted by atomic mass is 9.98. The fourth-order valence-corrected chi connectivity index (χ4v) is 2.09. The van der Waals surface area contributed by atoms with Gasteiger partial charge in [0.1, 0.15) is 0 Å². The number of rotatable bonds is 3. The Labute approximate surface area is 109 Å². The van der Waals surface area contributed by atoms with E-state index in [1.807, 2.05) is 24.3 Å². The zero-order valence-corrected chi connectivity index (χ0v) is 11.2. The van der Waals surface area contributed by atoms with E-state index in [0.29, 0.717) is 5.92 Å². The number of nitrogen functional groups attached to an aromatic ring is 1. The molecule has 0 fully saturated rings. The van der Waals surface area contributed by atoms with Crippen molar-refractivity contribution in [3.05, 3.63) is 53.6 Å². The standard InChI is InChI=1S/C16H20N2/c1-11(2)13-8-6-7-12(3)16(13)18-15-10-5-4-9-14(15)17/h4-11,18H,17H2,1-3H3. The van der Waals surface area contributed by atoms with Crippen molar-refractivity contribution in [3.63, 3.8) is 0 Å². The Bertz CT molecular complexity index is 545. The molecule has 0 heterocycles. The molecule has 0 aliphatic carbocycles. The average molecular weight is 240 g/mol. The predicted octanol–water partition coefficient (Wildman–Crippen LogP) is 4.44. The molecule has 2 aromatic carbocycles. The molecule has 3 N–H and O–H groups in total. The SMILES string of the molecule is Cc1cccc(C(C)C)c1Nc1ccccc1N. The summed E-state index contributed by atoms with van der Waals surface area (Å²) in [7, 11) is 0. The van der Waals surface area contributed by atoms with Crippen molar-refractivity contribution in [2.45, 2.75) is 26.7 Å². The lowest BCUT2D eigenvalue weighted by Crippen LogP contribution is -2.02. The second kappa shape index (κ2) is 5.13. The molecule has 0 bridgehead atoms. The van der Waals surface area contributed by atoms with Crippen molar-refractivity contribution in [3.8, 4) is 0 Å². The van der Waals surface area contributed by atoms with Gasteiger partial charge in [0.25, 0.3) is 0 Å². The van der Waals surface area contributed by atoms with E-state index in [1.165, 1.54) is 16.8 Å². The number of hydrogen-bond acceptors (Lipinski definition) is 2. The first-order chi connectivity index (χ1) is 8.59. The summed E-state index contributed by atoms with van der Waals surface area (Å²) in [6.07, 6.45) is 0. The summed E-state index contributed by atoms with van der Waals surface area (Å²) in [5, 5.41) is 3.47. The van der Waals surface area contributed by atoms with Crippen LogP contribution >= 0.6 is 0 Å². The fraction of sp³-hybridized carbons (Fsp3) is 0.250. The molecule has 2 aromatic rings. The minimum atomic E-state index is 0.484. The minimum absolute atomic E-state index is 0.484. The zero-order chi connectivity index (χ0) is 13.1. The molecule has 2 nitrogen and oxygen atoms in total. The van der Waals surface area contributed by atoms with Gasteiger partial charge in [0.05, 0.1) is 11.4 Å². The van der Waals surface area contributed by atoms with Gasteiger partial charge < -0.3 is 11.1 Å². The van der Waals surface area contributed by atoms with E-state index in [1.54, 1.807) is 0 Å². The van der Waals surface area contributed by atoms with Gasteiger partial charge in [0.2, 0.25) is 0 Å². The maximum Gasteiger partial charge on any atom is 0.0618 e. The summed E-state index contributed by atoms with van der Waals surface area (Å²) in [5.41, 5.74) is 11.5. The molecule has 0 aromatic heterocycles. The maximum atomic E-state index is 5.98. The Kier molecular flexibility index (Phi) is 3.56. The van der Waals surface area contributed by atoms with Gasteiger partial charge >= 0.3 is 0 Å². The van der Waals surface area contributed by atoms with Crippen molar-refractivity contribution in [2.75, 3.05) is 11.1 Å². The van der Waals surface area contributed by atoms with Crippen LogP contribution < -0.4 is 11.1 Å². The van der Waals surface area contributed by atoms with Gasteiger partial charge in [0, 0.05) is 5.69 Å². The largest absolute Gasteiger partial charge is 0.397 e. The number of hydrogen-bond donors (Lipinski definition) is 2. The molecule has 0 atom stereocenters. The summed E-state index contributed by atoms with van der Waals surface area (Å²) >= 11 is 0. The second-order valence-electron chi connectivity index (χ2n) is 4.91. The predicted molar refractivity (Wildman–Crippen MR) is 79.4 cm³/mol.